The molecule has 0 unspecified atom stereocenters. The van der Waals surface area contributed by atoms with Gasteiger partial charge in [-0.25, -0.2) is 13.1 Å². The highest BCUT2D eigenvalue weighted by Gasteiger charge is 2.19. The van der Waals surface area contributed by atoms with Crippen molar-refractivity contribution < 1.29 is 32.2 Å². The number of sulfonamides is 1. The van der Waals surface area contributed by atoms with Crippen LogP contribution in [0.25, 0.3) is 0 Å². The molecule has 0 aliphatic carbocycles. The zero-order valence-electron chi connectivity index (χ0n) is 17.4. The number of unbranched alkanes of at least 4 members (excludes halogenated alkanes) is 2. The van der Waals surface area contributed by atoms with E-state index in [1.54, 1.807) is 6.07 Å². The van der Waals surface area contributed by atoms with Gasteiger partial charge in [-0.05, 0) is 38.3 Å². The van der Waals surface area contributed by atoms with Crippen molar-refractivity contribution in [1.82, 2.24) is 10.0 Å². The van der Waals surface area contributed by atoms with Gasteiger partial charge in [0, 0.05) is 25.1 Å². The maximum absolute atomic E-state index is 12.4. The van der Waals surface area contributed by atoms with Crippen LogP contribution >= 0.6 is 0 Å². The summed E-state index contributed by atoms with van der Waals surface area (Å²) in [6.45, 7) is 4.63. The molecule has 0 spiro atoms. The van der Waals surface area contributed by atoms with Crippen LogP contribution in [0.5, 0.6) is 11.5 Å². The standard InChI is InChI=1S/C20H30N2O7S/c1-3-15(2)22-19(23)14-29-20(24)7-5-4-6-10-21-30(25,26)16-8-9-17-18(13-16)28-12-11-27-17/h8-9,13,15,21H,3-7,10-12,14H2,1-2H3,(H,22,23)/t15-/m1/s1. The molecule has 1 aliphatic heterocycles. The summed E-state index contributed by atoms with van der Waals surface area (Å²) in [5, 5.41) is 2.72. The van der Waals surface area contributed by atoms with Crippen LogP contribution in [0, 0.1) is 0 Å². The molecule has 2 N–H and O–H groups in total. The van der Waals surface area contributed by atoms with Gasteiger partial charge < -0.3 is 19.5 Å². The van der Waals surface area contributed by atoms with E-state index < -0.39 is 16.0 Å². The van der Waals surface area contributed by atoms with Gasteiger partial charge in [0.2, 0.25) is 10.0 Å². The third-order valence-electron chi connectivity index (χ3n) is 4.56. The van der Waals surface area contributed by atoms with Crippen molar-refractivity contribution in [2.75, 3.05) is 26.4 Å². The Morgan fingerprint density at radius 3 is 2.60 bits per heavy atom. The number of hydrogen-bond acceptors (Lipinski definition) is 7. The highest BCUT2D eigenvalue weighted by molar-refractivity contribution is 7.89. The molecule has 1 aromatic carbocycles. The van der Waals surface area contributed by atoms with Crippen molar-refractivity contribution in [3.05, 3.63) is 18.2 Å². The molecule has 0 fully saturated rings. The van der Waals surface area contributed by atoms with Crippen LogP contribution in [-0.2, 0) is 24.3 Å². The number of carbonyl (C=O) groups is 2. The van der Waals surface area contributed by atoms with Crippen molar-refractivity contribution in [3.8, 4) is 11.5 Å². The van der Waals surface area contributed by atoms with Crippen LogP contribution in [0.3, 0.4) is 0 Å². The molecule has 0 aromatic heterocycles. The fourth-order valence-electron chi connectivity index (χ4n) is 2.69. The molecule has 168 valence electrons. The summed E-state index contributed by atoms with van der Waals surface area (Å²) < 4.78 is 43.0. The Hall–Kier alpha value is -2.33. The van der Waals surface area contributed by atoms with E-state index in [9.17, 15) is 18.0 Å². The molecule has 9 nitrogen and oxygen atoms in total. The largest absolute Gasteiger partial charge is 0.486 e. The van der Waals surface area contributed by atoms with E-state index in [1.165, 1.54) is 12.1 Å². The average Bonchev–Trinajstić information content (AvgIpc) is 2.74. The Balaban J connectivity index is 1.62. The zero-order valence-corrected chi connectivity index (χ0v) is 18.3. The maximum atomic E-state index is 12.4. The Bertz CT molecular complexity index is 826. The van der Waals surface area contributed by atoms with Gasteiger partial charge in [-0.3, -0.25) is 9.59 Å². The number of rotatable bonds is 12. The number of ether oxygens (including phenoxy) is 3. The van der Waals surface area contributed by atoms with Gasteiger partial charge in [0.15, 0.2) is 18.1 Å². The first-order chi connectivity index (χ1) is 14.3. The number of carbonyl (C=O) groups excluding carboxylic acids is 2. The van der Waals surface area contributed by atoms with Gasteiger partial charge in [-0.2, -0.15) is 0 Å². The number of hydrogen-bond donors (Lipinski definition) is 2. The topological polar surface area (TPSA) is 120 Å². The number of fused-ring (bicyclic) bond motifs is 1. The maximum Gasteiger partial charge on any atom is 0.306 e. The lowest BCUT2D eigenvalue weighted by Gasteiger charge is -2.18. The quantitative estimate of drug-likeness (QED) is 0.374. The molecular weight excluding hydrogens is 412 g/mol. The monoisotopic (exact) mass is 442 g/mol. The van der Waals surface area contributed by atoms with Crippen molar-refractivity contribution in [1.29, 1.82) is 0 Å². The lowest BCUT2D eigenvalue weighted by atomic mass is 10.2. The molecule has 1 aromatic rings. The minimum Gasteiger partial charge on any atom is -0.486 e. The summed E-state index contributed by atoms with van der Waals surface area (Å²) in [6.07, 6.45) is 2.77. The zero-order chi connectivity index (χ0) is 22.0. The average molecular weight is 443 g/mol. The van der Waals surface area contributed by atoms with Gasteiger partial charge in [-0.1, -0.05) is 13.3 Å². The van der Waals surface area contributed by atoms with Crippen molar-refractivity contribution in [2.45, 2.75) is 56.9 Å². The fraction of sp³-hybridized carbons (Fsp3) is 0.600. The predicted octanol–water partition coefficient (Wildman–Crippen LogP) is 1.75. The minimum absolute atomic E-state index is 0.0437. The van der Waals surface area contributed by atoms with Crippen LogP contribution in [0.15, 0.2) is 23.1 Å². The smallest absolute Gasteiger partial charge is 0.306 e. The fourth-order valence-corrected chi connectivity index (χ4v) is 3.78. The number of esters is 1. The van der Waals surface area contributed by atoms with Crippen LogP contribution in [0.2, 0.25) is 0 Å². The Morgan fingerprint density at radius 2 is 1.87 bits per heavy atom. The molecule has 0 saturated heterocycles. The van der Waals surface area contributed by atoms with E-state index >= 15 is 0 Å². The van der Waals surface area contributed by atoms with E-state index in [0.717, 1.165) is 6.42 Å². The van der Waals surface area contributed by atoms with Gasteiger partial charge in [-0.15, -0.1) is 0 Å². The van der Waals surface area contributed by atoms with E-state index in [2.05, 4.69) is 10.0 Å². The molecular formula is C20H30N2O7S. The van der Waals surface area contributed by atoms with E-state index in [0.29, 0.717) is 44.0 Å². The third-order valence-corrected chi connectivity index (χ3v) is 6.02. The summed E-state index contributed by atoms with van der Waals surface area (Å²) in [5.74, 6) is 0.197. The van der Waals surface area contributed by atoms with Gasteiger partial charge in [0.1, 0.15) is 13.2 Å². The third kappa shape index (κ3) is 7.83. The van der Waals surface area contributed by atoms with E-state index in [1.807, 2.05) is 13.8 Å². The molecule has 1 aliphatic rings. The molecule has 0 saturated carbocycles. The van der Waals surface area contributed by atoms with Crippen molar-refractivity contribution in [2.24, 2.45) is 0 Å². The first-order valence-corrected chi connectivity index (χ1v) is 11.6. The highest BCUT2D eigenvalue weighted by atomic mass is 32.2. The number of amides is 1. The predicted molar refractivity (Wildman–Crippen MR) is 110 cm³/mol. The van der Waals surface area contributed by atoms with Crippen molar-refractivity contribution in [3.63, 3.8) is 0 Å². The van der Waals surface area contributed by atoms with Gasteiger partial charge in [0.25, 0.3) is 5.91 Å². The first kappa shape index (κ1) is 23.9. The molecule has 10 heteroatoms. The Kier molecular flexibility index (Phi) is 9.38. The molecule has 1 atom stereocenters. The molecule has 1 amide bonds. The molecule has 2 rings (SSSR count). The first-order valence-electron chi connectivity index (χ1n) is 10.2. The van der Waals surface area contributed by atoms with Crippen molar-refractivity contribution >= 4 is 21.9 Å². The molecule has 1 heterocycles. The lowest BCUT2D eigenvalue weighted by molar-refractivity contribution is -0.148. The Labute approximate surface area is 177 Å². The summed E-state index contributed by atoms with van der Waals surface area (Å²) in [4.78, 5) is 23.3. The van der Waals surface area contributed by atoms with Crippen LogP contribution in [0.4, 0.5) is 0 Å². The molecule has 0 radical (unpaired) electrons. The summed E-state index contributed by atoms with van der Waals surface area (Å²) in [6, 6.07) is 4.55. The minimum atomic E-state index is -3.65. The lowest BCUT2D eigenvalue weighted by Crippen LogP contribution is -2.35. The number of benzene rings is 1. The normalized spacial score (nSPS) is 14.1. The molecule has 30 heavy (non-hydrogen) atoms. The summed E-state index contributed by atoms with van der Waals surface area (Å²) in [5.41, 5.74) is 0. The second kappa shape index (κ2) is 11.8. The summed E-state index contributed by atoms with van der Waals surface area (Å²) in [7, 11) is -3.65. The Morgan fingerprint density at radius 1 is 1.13 bits per heavy atom. The van der Waals surface area contributed by atoms with E-state index in [4.69, 9.17) is 14.2 Å². The van der Waals surface area contributed by atoms with E-state index in [-0.39, 0.29) is 36.4 Å². The van der Waals surface area contributed by atoms with Gasteiger partial charge >= 0.3 is 5.97 Å². The molecule has 0 bridgehead atoms. The van der Waals surface area contributed by atoms with Gasteiger partial charge in [0.05, 0.1) is 4.90 Å². The number of nitrogens with one attached hydrogen (secondary N) is 2. The second-order valence-corrected chi connectivity index (χ2v) is 8.82. The second-order valence-electron chi connectivity index (χ2n) is 7.05. The van der Waals surface area contributed by atoms with Crippen LogP contribution in [-0.4, -0.2) is 52.7 Å². The summed E-state index contributed by atoms with van der Waals surface area (Å²) >= 11 is 0. The SMILES string of the molecule is CC[C@@H](C)NC(=O)COC(=O)CCCCCNS(=O)(=O)c1ccc2c(c1)OCCO2. The van der Waals surface area contributed by atoms with Crippen LogP contribution in [0.1, 0.15) is 46.0 Å². The highest BCUT2D eigenvalue weighted by Crippen LogP contribution is 2.32. The van der Waals surface area contributed by atoms with Crippen LogP contribution < -0.4 is 19.5 Å².